The number of aromatic nitrogens is 3. The Hall–Kier alpha value is -6.48. The minimum atomic E-state index is -2.38. The van der Waals surface area contributed by atoms with Crippen LogP contribution in [0.1, 0.15) is 66.7 Å². The molecule has 0 radical (unpaired) electrons. The van der Waals surface area contributed by atoms with E-state index in [2.05, 4.69) is 26.3 Å². The number of hydrogen-bond acceptors (Lipinski definition) is 19. The molecular formula is C51H63FN6O17. The molecule has 3 unspecified atom stereocenters. The average Bonchev–Trinajstić information content (AvgIpc) is 3.80. The van der Waals surface area contributed by atoms with Crippen LogP contribution in [0.25, 0.3) is 33.4 Å². The van der Waals surface area contributed by atoms with Crippen LogP contribution in [0.15, 0.2) is 63.8 Å². The van der Waals surface area contributed by atoms with Crippen molar-refractivity contribution >= 4 is 35.2 Å². The first-order valence-corrected chi connectivity index (χ1v) is 24.9. The normalized spacial score (nSPS) is 20.7. The van der Waals surface area contributed by atoms with Gasteiger partial charge in [0, 0.05) is 79.2 Å². The number of aliphatic hydroxyl groups is 4. The number of nitrogens with zero attached hydrogens (tertiary/aromatic N) is 3. The molecule has 3 amide bonds. The number of aliphatic hydroxyl groups excluding tert-OH is 4. The van der Waals surface area contributed by atoms with E-state index >= 15 is 4.39 Å². The molecule has 2 aliphatic carbocycles. The topological polar surface area (TPSA) is 322 Å². The van der Waals surface area contributed by atoms with Crippen molar-refractivity contribution in [2.24, 2.45) is 0 Å². The molecule has 0 saturated carbocycles. The Bertz CT molecular complexity index is 2740. The van der Waals surface area contributed by atoms with Crippen molar-refractivity contribution in [2.75, 3.05) is 72.5 Å². The maximum atomic E-state index is 16.8. The molecule has 3 heterocycles. The molecule has 406 valence electrons. The predicted molar refractivity (Wildman–Crippen MR) is 262 cm³/mol. The Labute approximate surface area is 429 Å². The van der Waals surface area contributed by atoms with Crippen LogP contribution in [0.5, 0.6) is 11.5 Å². The fourth-order valence-electron chi connectivity index (χ4n) is 8.79. The Morgan fingerprint density at radius 2 is 1.52 bits per heavy atom. The number of nitrogens with one attached hydrogen (secondary N) is 3. The van der Waals surface area contributed by atoms with Gasteiger partial charge in [-0.2, -0.15) is 0 Å². The molecule has 0 bridgehead atoms. The molecule has 2 aliphatic heterocycles. The van der Waals surface area contributed by atoms with E-state index in [0.29, 0.717) is 112 Å². The smallest absolute Gasteiger partial charge is 0.298 e. The van der Waals surface area contributed by atoms with Crippen LogP contribution >= 0.6 is 0 Å². The number of fused-ring (bicyclic) bond motifs is 3. The van der Waals surface area contributed by atoms with Crippen LogP contribution in [0, 0.1) is 0 Å². The molecule has 4 aliphatic rings. The highest BCUT2D eigenvalue weighted by atomic mass is 19.1. The van der Waals surface area contributed by atoms with E-state index in [9.17, 15) is 49.5 Å². The first kappa shape index (κ1) is 56.3. The molecular weight excluding hydrogens is 988 g/mol. The number of ether oxygens (including phenoxy) is 6. The highest BCUT2D eigenvalue weighted by Crippen LogP contribution is 2.44. The molecule has 1 aromatic heterocycles. The zero-order valence-corrected chi connectivity index (χ0v) is 41.2. The number of rotatable bonds is 27. The lowest BCUT2D eigenvalue weighted by molar-refractivity contribution is -0.288. The number of phenolic OH excluding ortho intramolecular Hbond substituents is 1. The van der Waals surface area contributed by atoms with Crippen molar-refractivity contribution in [3.63, 3.8) is 0 Å². The van der Waals surface area contributed by atoms with Crippen LogP contribution in [-0.2, 0) is 56.7 Å². The van der Waals surface area contributed by atoms with Gasteiger partial charge in [-0.25, -0.2) is 9.07 Å². The summed E-state index contributed by atoms with van der Waals surface area (Å²) in [5.41, 5.74) is -0.123. The van der Waals surface area contributed by atoms with Crippen LogP contribution in [0.2, 0.25) is 0 Å². The molecule has 0 spiro atoms. The van der Waals surface area contributed by atoms with E-state index in [1.165, 1.54) is 30.3 Å². The number of aryl methyl sites for hydroxylation is 1. The van der Waals surface area contributed by atoms with Crippen molar-refractivity contribution in [3.8, 4) is 33.9 Å². The van der Waals surface area contributed by atoms with Gasteiger partial charge in [0.2, 0.25) is 11.6 Å². The molecule has 75 heavy (non-hydrogen) atoms. The molecule has 24 heteroatoms. The van der Waals surface area contributed by atoms with Gasteiger partial charge in [-0.05, 0) is 87.4 Å². The van der Waals surface area contributed by atoms with Gasteiger partial charge in [0.25, 0.3) is 18.3 Å². The van der Waals surface area contributed by atoms with Crippen LogP contribution in [-0.4, -0.2) is 168 Å². The Morgan fingerprint density at radius 3 is 2.28 bits per heavy atom. The largest absolute Gasteiger partial charge is 0.508 e. The lowest BCUT2D eigenvalue weighted by atomic mass is 9.88. The number of hydrogen-bond donors (Lipinski definition) is 8. The van der Waals surface area contributed by atoms with Crippen molar-refractivity contribution in [2.45, 2.75) is 94.3 Å². The fourth-order valence-corrected chi connectivity index (χ4v) is 8.79. The van der Waals surface area contributed by atoms with Gasteiger partial charge in [-0.15, -0.1) is 5.10 Å². The van der Waals surface area contributed by atoms with E-state index in [1.807, 2.05) is 0 Å². The highest BCUT2D eigenvalue weighted by Gasteiger charge is 2.46. The third kappa shape index (κ3) is 14.7. The van der Waals surface area contributed by atoms with Crippen molar-refractivity contribution < 1.29 is 81.9 Å². The quantitative estimate of drug-likeness (QED) is 0.0209. The third-order valence-electron chi connectivity index (χ3n) is 12.7. The molecule has 6 atom stereocenters. The van der Waals surface area contributed by atoms with Crippen molar-refractivity contribution in [3.05, 3.63) is 81.8 Å². The van der Waals surface area contributed by atoms with Gasteiger partial charge < -0.3 is 74.3 Å². The molecule has 23 nitrogen and oxygen atoms in total. The molecule has 8 N–H and O–H groups in total. The Kier molecular flexibility index (Phi) is 20.5. The summed E-state index contributed by atoms with van der Waals surface area (Å²) in [4.78, 5) is 62.7. The summed E-state index contributed by atoms with van der Waals surface area (Å²) >= 11 is 0. The molecule has 1 saturated heterocycles. The van der Waals surface area contributed by atoms with Gasteiger partial charge in [0.05, 0.1) is 38.7 Å². The first-order valence-electron chi connectivity index (χ1n) is 24.9. The summed E-state index contributed by atoms with van der Waals surface area (Å²) < 4.78 is 56.5. The minimum Gasteiger partial charge on any atom is -0.508 e. The van der Waals surface area contributed by atoms with E-state index in [1.54, 1.807) is 28.9 Å². The number of amides is 3. The lowest BCUT2D eigenvalue weighted by Crippen LogP contribution is -2.58. The number of halogens is 1. The number of carbonyl (C=O) groups excluding carboxylic acids is 4. The van der Waals surface area contributed by atoms with E-state index < -0.39 is 54.1 Å². The van der Waals surface area contributed by atoms with Crippen molar-refractivity contribution in [1.29, 1.82) is 0 Å². The van der Waals surface area contributed by atoms with E-state index in [-0.39, 0.29) is 85.3 Å². The van der Waals surface area contributed by atoms with Gasteiger partial charge in [0.1, 0.15) is 59.6 Å². The zero-order valence-electron chi connectivity index (χ0n) is 41.2. The maximum absolute atomic E-state index is 16.8. The molecule has 1 fully saturated rings. The van der Waals surface area contributed by atoms with Crippen LogP contribution in [0.3, 0.4) is 0 Å². The second kappa shape index (κ2) is 27.3. The Balaban J connectivity index is 0.776. The second-order valence-corrected chi connectivity index (χ2v) is 18.0. The lowest BCUT2D eigenvalue weighted by Gasteiger charge is -2.38. The number of benzene rings is 3. The summed E-state index contributed by atoms with van der Waals surface area (Å²) in [7, 11) is 0. The zero-order chi connectivity index (χ0) is 53.3. The summed E-state index contributed by atoms with van der Waals surface area (Å²) in [6.45, 7) is 2.53. The number of phenols is 1. The standard InChI is InChI=1S/C51H63FN6O17/c52-51(50(68)55-17-6-20-70-22-24-71-23-21-69-19-5-16-53-42(62)29-72-28-41-44(63)45(64)46(65)49(67)75-41)14-3-1-2-7-37-47(51)56-57-58(37)18-4-15-54-48(66)31-8-11-34(38(25-31)73-30-59)43-35-12-9-32(60)26-39(35)74-40-27-33(61)10-13-36(40)43/h8-13,25-27,30,41,44-46,49,60,63-65,67H,1-7,14-24,28-29H2,(H,53,62)(H,54,66)(H,55,68)/t41?,44-,45+,46?,49-,51?/m1/s1. The summed E-state index contributed by atoms with van der Waals surface area (Å²) in [6.07, 6.45) is -3.81. The van der Waals surface area contributed by atoms with Crippen LogP contribution < -0.4 is 26.1 Å². The monoisotopic (exact) mass is 1050 g/mol. The second-order valence-electron chi connectivity index (χ2n) is 18.0. The van der Waals surface area contributed by atoms with Gasteiger partial charge in [-0.3, -0.25) is 24.0 Å². The van der Waals surface area contributed by atoms with Crippen molar-refractivity contribution in [1.82, 2.24) is 30.9 Å². The fraction of sp³-hybridized carbons (Fsp3) is 0.510. The average molecular weight is 1050 g/mol. The molecule has 3 aromatic rings. The van der Waals surface area contributed by atoms with Gasteiger partial charge >= 0.3 is 0 Å². The molecule has 2 aromatic carbocycles. The third-order valence-corrected chi connectivity index (χ3v) is 12.7. The van der Waals surface area contributed by atoms with E-state index in [4.69, 9.17) is 32.8 Å². The number of aromatic hydroxyl groups is 1. The number of carbonyl (C=O) groups is 4. The Morgan fingerprint density at radius 1 is 0.800 bits per heavy atom. The van der Waals surface area contributed by atoms with Crippen LogP contribution in [0.4, 0.5) is 4.39 Å². The predicted octanol–water partition coefficient (Wildman–Crippen LogP) is 1.38. The highest BCUT2D eigenvalue weighted by molar-refractivity contribution is 6.04. The molecule has 7 rings (SSSR count). The summed E-state index contributed by atoms with van der Waals surface area (Å²) in [5.74, 6) is -1.39. The summed E-state index contributed by atoms with van der Waals surface area (Å²) in [5, 5.41) is 66.1. The summed E-state index contributed by atoms with van der Waals surface area (Å²) in [6, 6.07) is 13.5. The van der Waals surface area contributed by atoms with Gasteiger partial charge in [-0.1, -0.05) is 11.6 Å². The van der Waals surface area contributed by atoms with E-state index in [0.717, 1.165) is 6.42 Å². The minimum absolute atomic E-state index is 0.00594. The SMILES string of the molecule is O=COc1cc(C(=O)NCCCn2nnc3c2CCCCCC3(F)C(=O)NCCCOCCOCCOCCCNC(=O)COCC2O[C@@H](O)C(O)[C@@H](O)[C@@H]2O)ccc1-c1c2ccc(=O)cc-2oc2cc(O)ccc12. The van der Waals surface area contributed by atoms with Gasteiger partial charge in [0.15, 0.2) is 11.7 Å². The number of alkyl halides is 1. The maximum Gasteiger partial charge on any atom is 0.298 e. The first-order chi connectivity index (χ1) is 36.3.